The zero-order valence-electron chi connectivity index (χ0n) is 28.1. The molecule has 0 aliphatic rings. The van der Waals surface area contributed by atoms with Gasteiger partial charge in [-0.2, -0.15) is 0 Å². The molecule has 1 amide bonds. The Hall–Kier alpha value is -3.75. The summed E-state index contributed by atoms with van der Waals surface area (Å²) in [5, 5.41) is 2.61. The van der Waals surface area contributed by atoms with Crippen LogP contribution in [0.2, 0.25) is 0 Å². The van der Waals surface area contributed by atoms with Gasteiger partial charge in [-0.1, -0.05) is 30.3 Å². The number of ether oxygens (including phenoxy) is 5. The fourth-order valence-corrected chi connectivity index (χ4v) is 4.13. The number of rotatable bonds is 13. The van der Waals surface area contributed by atoms with Crippen molar-refractivity contribution in [3.8, 4) is 11.5 Å². The third kappa shape index (κ3) is 14.6. The van der Waals surface area contributed by atoms with Crippen molar-refractivity contribution < 1.29 is 38.1 Å². The van der Waals surface area contributed by atoms with Crippen LogP contribution in [0.3, 0.4) is 0 Å². The van der Waals surface area contributed by atoms with E-state index in [0.717, 1.165) is 16.9 Å². The molecule has 2 rings (SSSR count). The number of carbonyl (C=O) groups excluding carboxylic acids is 3. The number of nitrogens with one attached hydrogen (secondary N) is 1. The van der Waals surface area contributed by atoms with Crippen molar-refractivity contribution in [1.29, 1.82) is 0 Å². The summed E-state index contributed by atoms with van der Waals surface area (Å²) in [6, 6.07) is 14.2. The van der Waals surface area contributed by atoms with Crippen LogP contribution in [0.15, 0.2) is 48.5 Å². The van der Waals surface area contributed by atoms with E-state index in [4.69, 9.17) is 23.7 Å². The molecule has 0 aliphatic carbocycles. The van der Waals surface area contributed by atoms with Gasteiger partial charge < -0.3 is 29.0 Å². The molecule has 0 spiro atoms. The highest BCUT2D eigenvalue weighted by atomic mass is 16.6. The molecule has 1 N–H and O–H groups in total. The maximum Gasteiger partial charge on any atom is 0.408 e. The van der Waals surface area contributed by atoms with Crippen LogP contribution in [0, 0.1) is 12.8 Å². The first-order chi connectivity index (χ1) is 20.3. The Morgan fingerprint density at radius 3 is 1.82 bits per heavy atom. The number of aryl methyl sites for hydroxylation is 1. The summed E-state index contributed by atoms with van der Waals surface area (Å²) in [6.07, 6.45) is 0.173. The minimum atomic E-state index is -1.13. The van der Waals surface area contributed by atoms with E-state index in [-0.39, 0.29) is 12.8 Å². The van der Waals surface area contributed by atoms with Crippen molar-refractivity contribution in [3.63, 3.8) is 0 Å². The highest BCUT2D eigenvalue weighted by Crippen LogP contribution is 2.24. The lowest BCUT2D eigenvalue weighted by Crippen LogP contribution is -2.48. The molecule has 0 bridgehead atoms. The smallest absolute Gasteiger partial charge is 0.408 e. The molecule has 0 unspecified atom stereocenters. The fraction of sp³-hybridized carbons (Fsp3) is 0.571. The number of amides is 1. The van der Waals surface area contributed by atoms with Crippen LogP contribution in [0.25, 0.3) is 0 Å². The lowest BCUT2D eigenvalue weighted by molar-refractivity contribution is -0.162. The largest absolute Gasteiger partial charge is 0.493 e. The first-order valence-corrected chi connectivity index (χ1v) is 15.2. The van der Waals surface area contributed by atoms with Crippen molar-refractivity contribution >= 4 is 18.0 Å². The molecular formula is C35H51NO8. The molecule has 2 aromatic rings. The number of alkyl carbamates (subject to hydrolysis) is 1. The molecule has 9 nitrogen and oxygen atoms in total. The predicted octanol–water partition coefficient (Wildman–Crippen LogP) is 6.97. The Labute approximate surface area is 262 Å². The minimum absolute atomic E-state index is 0.0395. The molecule has 0 aromatic heterocycles. The van der Waals surface area contributed by atoms with Crippen LogP contribution in [0.5, 0.6) is 11.5 Å². The van der Waals surface area contributed by atoms with Crippen molar-refractivity contribution in [2.24, 2.45) is 5.92 Å². The molecule has 0 radical (unpaired) electrons. The lowest BCUT2D eigenvalue weighted by atomic mass is 9.92. The molecule has 0 saturated heterocycles. The molecule has 0 heterocycles. The van der Waals surface area contributed by atoms with E-state index >= 15 is 0 Å². The second kappa shape index (κ2) is 15.8. The van der Waals surface area contributed by atoms with Gasteiger partial charge in [0.15, 0.2) is 0 Å². The summed E-state index contributed by atoms with van der Waals surface area (Å²) in [6.45, 7) is 18.8. The van der Waals surface area contributed by atoms with Crippen LogP contribution in [0.4, 0.5) is 4.79 Å². The van der Waals surface area contributed by atoms with Crippen LogP contribution < -0.4 is 14.8 Å². The van der Waals surface area contributed by atoms with Gasteiger partial charge in [-0.05, 0) is 111 Å². The van der Waals surface area contributed by atoms with Gasteiger partial charge in [-0.25, -0.2) is 9.59 Å². The van der Waals surface area contributed by atoms with Crippen molar-refractivity contribution in [1.82, 2.24) is 5.32 Å². The average Bonchev–Trinajstić information content (AvgIpc) is 2.86. The predicted molar refractivity (Wildman–Crippen MR) is 170 cm³/mol. The van der Waals surface area contributed by atoms with Crippen molar-refractivity contribution in [3.05, 3.63) is 59.7 Å². The summed E-state index contributed by atoms with van der Waals surface area (Å²) in [4.78, 5) is 39.2. The first kappa shape index (κ1) is 36.4. The quantitative estimate of drug-likeness (QED) is 0.147. The van der Waals surface area contributed by atoms with Gasteiger partial charge in [-0.3, -0.25) is 4.79 Å². The van der Waals surface area contributed by atoms with Gasteiger partial charge in [0.2, 0.25) is 0 Å². The monoisotopic (exact) mass is 613 g/mol. The van der Waals surface area contributed by atoms with Gasteiger partial charge >= 0.3 is 18.0 Å². The zero-order chi connectivity index (χ0) is 33.1. The molecule has 9 heteroatoms. The van der Waals surface area contributed by atoms with Gasteiger partial charge in [0, 0.05) is 6.42 Å². The van der Waals surface area contributed by atoms with E-state index in [1.54, 1.807) is 62.3 Å². The maximum atomic E-state index is 13.4. The Kier molecular flexibility index (Phi) is 13.1. The summed E-state index contributed by atoms with van der Waals surface area (Å²) < 4.78 is 28.4. The summed E-state index contributed by atoms with van der Waals surface area (Å²) >= 11 is 0. The van der Waals surface area contributed by atoms with Gasteiger partial charge in [0.25, 0.3) is 0 Å². The molecule has 0 saturated carbocycles. The molecule has 0 fully saturated rings. The normalized spacial score (nSPS) is 13.3. The fourth-order valence-electron chi connectivity index (χ4n) is 4.13. The second-order valence-electron chi connectivity index (χ2n) is 13.9. The van der Waals surface area contributed by atoms with E-state index in [2.05, 4.69) is 5.32 Å². The average molecular weight is 614 g/mol. The number of hydrogen-bond donors (Lipinski definition) is 1. The zero-order valence-corrected chi connectivity index (χ0v) is 28.1. The van der Waals surface area contributed by atoms with Gasteiger partial charge in [0.1, 0.15) is 34.3 Å². The van der Waals surface area contributed by atoms with E-state index in [9.17, 15) is 14.4 Å². The van der Waals surface area contributed by atoms with Crippen LogP contribution in [0.1, 0.15) is 86.3 Å². The minimum Gasteiger partial charge on any atom is -0.493 e. The third-order valence-electron chi connectivity index (χ3n) is 5.96. The molecule has 244 valence electrons. The summed E-state index contributed by atoms with van der Waals surface area (Å²) in [5.74, 6) is -0.339. The van der Waals surface area contributed by atoms with E-state index < -0.39 is 46.8 Å². The maximum absolute atomic E-state index is 13.4. The molecule has 2 atom stereocenters. The third-order valence-corrected chi connectivity index (χ3v) is 5.96. The Balaban J connectivity index is 2.11. The van der Waals surface area contributed by atoms with E-state index in [0.29, 0.717) is 25.4 Å². The highest BCUT2D eigenvalue weighted by Gasteiger charge is 2.35. The number of benzene rings is 2. The molecule has 2 aromatic carbocycles. The summed E-state index contributed by atoms with van der Waals surface area (Å²) in [5.41, 5.74) is -0.376. The molecule has 44 heavy (non-hydrogen) atoms. The Bertz CT molecular complexity index is 1220. The number of para-hydroxylation sites is 1. The van der Waals surface area contributed by atoms with E-state index in [1.165, 1.54) is 0 Å². The number of hydrogen-bond acceptors (Lipinski definition) is 8. The second-order valence-corrected chi connectivity index (χ2v) is 13.9. The van der Waals surface area contributed by atoms with Crippen LogP contribution in [-0.4, -0.2) is 54.1 Å². The number of esters is 2. The topological polar surface area (TPSA) is 109 Å². The first-order valence-electron chi connectivity index (χ1n) is 15.2. The Morgan fingerprint density at radius 1 is 0.705 bits per heavy atom. The van der Waals surface area contributed by atoms with Crippen LogP contribution >= 0.6 is 0 Å². The van der Waals surface area contributed by atoms with Crippen molar-refractivity contribution in [2.75, 3.05) is 13.2 Å². The SMILES string of the molecule is Cc1ccccc1OCCCOc1ccc(C[C@@H](C[C@H](NC(=O)OC(C)(C)C)C(=O)OC(C)(C)C)C(=O)OC(C)(C)C)cc1. The van der Waals surface area contributed by atoms with Crippen molar-refractivity contribution in [2.45, 2.75) is 111 Å². The molecular weight excluding hydrogens is 562 g/mol. The van der Waals surface area contributed by atoms with Gasteiger partial charge in [0.05, 0.1) is 19.1 Å². The standard InChI is InChI=1S/C35H51NO8/c1-24-14-11-12-15-29(24)41-21-13-20-40-27-18-16-25(17-19-27)22-26(30(37)42-33(2,3)4)23-28(31(38)43-34(5,6)7)36-32(39)44-35(8,9)10/h11-12,14-19,26,28H,13,20-23H2,1-10H3,(H,36,39)/t26-,28-/m0/s1. The van der Waals surface area contributed by atoms with Crippen LogP contribution in [-0.2, 0) is 30.2 Å². The Morgan fingerprint density at radius 2 is 1.25 bits per heavy atom. The van der Waals surface area contributed by atoms with Gasteiger partial charge in [-0.15, -0.1) is 0 Å². The lowest BCUT2D eigenvalue weighted by Gasteiger charge is -2.29. The summed E-state index contributed by atoms with van der Waals surface area (Å²) in [7, 11) is 0. The number of carbonyl (C=O) groups is 3. The highest BCUT2D eigenvalue weighted by molar-refractivity contribution is 5.83. The molecule has 0 aliphatic heterocycles. The van der Waals surface area contributed by atoms with E-state index in [1.807, 2.05) is 55.5 Å².